The average Bonchev–Trinajstić information content (AvgIpc) is 3.19. The van der Waals surface area contributed by atoms with Crippen molar-refractivity contribution in [1.29, 1.82) is 0 Å². The molecule has 0 unspecified atom stereocenters. The Morgan fingerprint density at radius 2 is 2.00 bits per heavy atom. The molecule has 5 rings (SSSR count). The number of hydrogen-bond acceptors (Lipinski definition) is 6. The quantitative estimate of drug-likeness (QED) is 0.581. The van der Waals surface area contributed by atoms with Crippen LogP contribution in [-0.4, -0.2) is 29.9 Å². The molecule has 7 nitrogen and oxygen atoms in total. The molecule has 0 aliphatic heterocycles. The van der Waals surface area contributed by atoms with E-state index in [2.05, 4.69) is 25.4 Å². The number of thiophene rings is 1. The second-order valence-corrected chi connectivity index (χ2v) is 7.02. The predicted molar refractivity (Wildman–Crippen MR) is 88.7 cm³/mol. The van der Waals surface area contributed by atoms with E-state index in [0.717, 1.165) is 28.6 Å². The topological polar surface area (TPSA) is 89.3 Å². The van der Waals surface area contributed by atoms with Gasteiger partial charge in [0.05, 0.1) is 17.9 Å². The summed E-state index contributed by atoms with van der Waals surface area (Å²) in [5.41, 5.74) is 2.15. The first kappa shape index (κ1) is 13.1. The zero-order valence-corrected chi connectivity index (χ0v) is 13.1. The normalized spacial score (nSPS) is 16.7. The standard InChI is InChI=1S/C15H14N6OS/c22-15-13-12(17-7-21(15)8-4-2-1-3-5-8)10-11-9(18-20-19-11)6-16-14(10)23-13/h6-8H,1-5H2,(H,18,19,20). The Bertz CT molecular complexity index is 1090. The fraction of sp³-hybridized carbons (Fsp3) is 0.400. The summed E-state index contributed by atoms with van der Waals surface area (Å²) in [5, 5.41) is 11.7. The first-order chi connectivity index (χ1) is 11.3. The molecule has 0 atom stereocenters. The first-order valence-electron chi connectivity index (χ1n) is 7.82. The molecule has 1 fully saturated rings. The Labute approximate surface area is 134 Å². The van der Waals surface area contributed by atoms with Crippen LogP contribution in [0.15, 0.2) is 17.3 Å². The van der Waals surface area contributed by atoms with Crippen molar-refractivity contribution in [2.45, 2.75) is 38.1 Å². The van der Waals surface area contributed by atoms with Gasteiger partial charge in [0.1, 0.15) is 26.1 Å². The second kappa shape index (κ2) is 4.82. The number of pyridine rings is 1. The van der Waals surface area contributed by atoms with Crippen LogP contribution in [0.2, 0.25) is 0 Å². The molecule has 1 aliphatic rings. The largest absolute Gasteiger partial charge is 0.295 e. The highest BCUT2D eigenvalue weighted by Crippen LogP contribution is 2.33. The lowest BCUT2D eigenvalue weighted by molar-refractivity contribution is 0.345. The number of H-pyrrole nitrogens is 1. The number of rotatable bonds is 1. The summed E-state index contributed by atoms with van der Waals surface area (Å²) < 4.78 is 2.48. The maximum absolute atomic E-state index is 12.9. The van der Waals surface area contributed by atoms with Crippen LogP contribution in [-0.2, 0) is 0 Å². The Kier molecular flexibility index (Phi) is 2.75. The van der Waals surface area contributed by atoms with Gasteiger partial charge >= 0.3 is 0 Å². The molecule has 1 N–H and O–H groups in total. The lowest BCUT2D eigenvalue weighted by atomic mass is 9.95. The minimum absolute atomic E-state index is 0.0431. The van der Waals surface area contributed by atoms with Crippen molar-refractivity contribution in [1.82, 2.24) is 29.9 Å². The zero-order chi connectivity index (χ0) is 15.4. The van der Waals surface area contributed by atoms with Crippen LogP contribution in [0.4, 0.5) is 0 Å². The van der Waals surface area contributed by atoms with Crippen molar-refractivity contribution in [2.75, 3.05) is 0 Å². The van der Waals surface area contributed by atoms with Gasteiger partial charge in [-0.1, -0.05) is 19.3 Å². The van der Waals surface area contributed by atoms with Gasteiger partial charge in [-0.2, -0.15) is 15.4 Å². The van der Waals surface area contributed by atoms with Crippen molar-refractivity contribution in [3.63, 3.8) is 0 Å². The fourth-order valence-corrected chi connectivity index (χ4v) is 4.56. The monoisotopic (exact) mass is 326 g/mol. The van der Waals surface area contributed by atoms with E-state index < -0.39 is 0 Å². The summed E-state index contributed by atoms with van der Waals surface area (Å²) in [7, 11) is 0. The number of fused-ring (bicyclic) bond motifs is 5. The number of aromatic amines is 1. The Hall–Kier alpha value is -2.35. The summed E-state index contributed by atoms with van der Waals surface area (Å²) in [6, 6.07) is 0.276. The van der Waals surface area contributed by atoms with Gasteiger partial charge in [0.15, 0.2) is 0 Å². The summed E-state index contributed by atoms with van der Waals surface area (Å²) in [4.78, 5) is 22.7. The van der Waals surface area contributed by atoms with Crippen LogP contribution in [0.1, 0.15) is 38.1 Å². The SMILES string of the molecule is O=c1c2sc3ncc4n[nH]nc4c3c2ncn1C1CCCCC1. The van der Waals surface area contributed by atoms with E-state index in [1.807, 2.05) is 4.57 Å². The van der Waals surface area contributed by atoms with E-state index in [1.54, 1.807) is 12.5 Å². The number of aromatic nitrogens is 6. The molecule has 0 spiro atoms. The van der Waals surface area contributed by atoms with Crippen LogP contribution in [0, 0.1) is 0 Å². The molecular formula is C15H14N6OS. The zero-order valence-electron chi connectivity index (χ0n) is 12.3. The Balaban J connectivity index is 1.81. The van der Waals surface area contributed by atoms with Crippen LogP contribution in [0.3, 0.4) is 0 Å². The van der Waals surface area contributed by atoms with Crippen molar-refractivity contribution >= 4 is 42.8 Å². The van der Waals surface area contributed by atoms with Gasteiger partial charge in [-0.25, -0.2) is 9.97 Å². The van der Waals surface area contributed by atoms with Crippen LogP contribution < -0.4 is 5.56 Å². The third-order valence-electron chi connectivity index (χ3n) is 4.69. The first-order valence-corrected chi connectivity index (χ1v) is 8.63. The van der Waals surface area contributed by atoms with Gasteiger partial charge in [0.25, 0.3) is 5.56 Å². The summed E-state index contributed by atoms with van der Waals surface area (Å²) >= 11 is 1.40. The molecule has 0 aromatic carbocycles. The van der Waals surface area contributed by atoms with Gasteiger partial charge in [0.2, 0.25) is 0 Å². The lowest BCUT2D eigenvalue weighted by Crippen LogP contribution is -2.26. The van der Waals surface area contributed by atoms with E-state index in [-0.39, 0.29) is 11.6 Å². The Morgan fingerprint density at radius 1 is 1.13 bits per heavy atom. The van der Waals surface area contributed by atoms with Crippen molar-refractivity contribution in [2.24, 2.45) is 0 Å². The van der Waals surface area contributed by atoms with Gasteiger partial charge in [-0.05, 0) is 12.8 Å². The van der Waals surface area contributed by atoms with E-state index >= 15 is 0 Å². The smallest absolute Gasteiger partial charge is 0.271 e. The van der Waals surface area contributed by atoms with E-state index in [9.17, 15) is 4.79 Å². The second-order valence-electron chi connectivity index (χ2n) is 6.02. The van der Waals surface area contributed by atoms with E-state index in [0.29, 0.717) is 15.7 Å². The van der Waals surface area contributed by atoms with Gasteiger partial charge in [-0.3, -0.25) is 9.36 Å². The molecule has 0 amide bonds. The molecule has 23 heavy (non-hydrogen) atoms. The summed E-state index contributed by atoms with van der Waals surface area (Å²) in [6.45, 7) is 0. The third-order valence-corrected chi connectivity index (χ3v) is 5.76. The highest BCUT2D eigenvalue weighted by atomic mass is 32.1. The number of hydrogen-bond donors (Lipinski definition) is 1. The minimum Gasteiger partial charge on any atom is -0.295 e. The molecule has 0 bridgehead atoms. The molecule has 4 aromatic heterocycles. The highest BCUT2D eigenvalue weighted by Gasteiger charge is 2.21. The van der Waals surface area contributed by atoms with Crippen molar-refractivity contribution in [3.05, 3.63) is 22.9 Å². The number of nitrogens with zero attached hydrogens (tertiary/aromatic N) is 5. The summed E-state index contributed by atoms with van der Waals surface area (Å²) in [5.74, 6) is 0. The van der Waals surface area contributed by atoms with Crippen molar-refractivity contribution in [3.8, 4) is 0 Å². The minimum atomic E-state index is 0.0431. The van der Waals surface area contributed by atoms with Gasteiger partial charge in [-0.15, -0.1) is 11.3 Å². The van der Waals surface area contributed by atoms with E-state index in [1.165, 1.54) is 30.6 Å². The van der Waals surface area contributed by atoms with Crippen LogP contribution in [0.25, 0.3) is 31.5 Å². The molecule has 116 valence electrons. The molecular weight excluding hydrogens is 312 g/mol. The molecule has 0 saturated heterocycles. The van der Waals surface area contributed by atoms with Gasteiger partial charge in [0, 0.05) is 6.04 Å². The predicted octanol–water partition coefficient (Wildman–Crippen LogP) is 2.78. The van der Waals surface area contributed by atoms with Crippen LogP contribution in [0.5, 0.6) is 0 Å². The van der Waals surface area contributed by atoms with Crippen molar-refractivity contribution < 1.29 is 0 Å². The van der Waals surface area contributed by atoms with E-state index in [4.69, 9.17) is 0 Å². The molecule has 0 radical (unpaired) electrons. The summed E-state index contributed by atoms with van der Waals surface area (Å²) in [6.07, 6.45) is 9.12. The van der Waals surface area contributed by atoms with Crippen LogP contribution >= 0.6 is 11.3 Å². The molecule has 1 saturated carbocycles. The van der Waals surface area contributed by atoms with Gasteiger partial charge < -0.3 is 0 Å². The number of nitrogens with one attached hydrogen (secondary N) is 1. The highest BCUT2D eigenvalue weighted by molar-refractivity contribution is 7.25. The lowest BCUT2D eigenvalue weighted by Gasteiger charge is -2.23. The molecule has 1 aliphatic carbocycles. The maximum Gasteiger partial charge on any atom is 0.271 e. The average molecular weight is 326 g/mol. The Morgan fingerprint density at radius 3 is 2.87 bits per heavy atom. The molecule has 4 heterocycles. The maximum atomic E-state index is 12.9. The fourth-order valence-electron chi connectivity index (χ4n) is 3.53. The molecule has 8 heteroatoms. The molecule has 4 aromatic rings. The third kappa shape index (κ3) is 1.84.